The molecule has 3 aromatic heterocycles. The Labute approximate surface area is 101 Å². The summed E-state index contributed by atoms with van der Waals surface area (Å²) in [7, 11) is 1.90. The molecule has 86 valence electrons. The minimum absolute atomic E-state index is 0.618. The number of aryl methyl sites for hydroxylation is 1. The molecule has 0 unspecified atom stereocenters. The van der Waals surface area contributed by atoms with Crippen molar-refractivity contribution in [1.29, 1.82) is 0 Å². The molecule has 6 nitrogen and oxygen atoms in total. The lowest BCUT2D eigenvalue weighted by Gasteiger charge is -2.05. The standard InChI is InChI=1S/C10H10N6S/c1-16-5-12-4-7(16)9-13-8(15-11)6-2-3-17-10(6)14-9/h2-5H,11H2,1H3,(H,13,14,15). The van der Waals surface area contributed by atoms with Gasteiger partial charge in [0.15, 0.2) is 11.6 Å². The first-order valence-corrected chi connectivity index (χ1v) is 5.86. The molecule has 7 heteroatoms. The van der Waals surface area contributed by atoms with Gasteiger partial charge in [0.05, 0.1) is 17.9 Å². The third-order valence-electron chi connectivity index (χ3n) is 2.51. The Morgan fingerprint density at radius 2 is 2.29 bits per heavy atom. The summed E-state index contributed by atoms with van der Waals surface area (Å²) < 4.78 is 1.87. The summed E-state index contributed by atoms with van der Waals surface area (Å²) in [6, 6.07) is 1.95. The van der Waals surface area contributed by atoms with Crippen LogP contribution in [0.2, 0.25) is 0 Å². The fourth-order valence-corrected chi connectivity index (χ4v) is 2.42. The van der Waals surface area contributed by atoms with E-state index in [1.54, 1.807) is 23.9 Å². The second-order valence-electron chi connectivity index (χ2n) is 3.57. The topological polar surface area (TPSA) is 81.7 Å². The smallest absolute Gasteiger partial charge is 0.181 e. The van der Waals surface area contributed by atoms with E-state index in [-0.39, 0.29) is 0 Å². The van der Waals surface area contributed by atoms with Gasteiger partial charge in [0.25, 0.3) is 0 Å². The number of fused-ring (bicyclic) bond motifs is 1. The third-order valence-corrected chi connectivity index (χ3v) is 3.31. The molecule has 3 rings (SSSR count). The van der Waals surface area contributed by atoms with Crippen LogP contribution in [0.15, 0.2) is 24.0 Å². The molecule has 0 spiro atoms. The number of anilines is 1. The van der Waals surface area contributed by atoms with Crippen LogP contribution in [0, 0.1) is 0 Å². The molecule has 0 radical (unpaired) electrons. The Kier molecular flexibility index (Phi) is 2.27. The van der Waals surface area contributed by atoms with E-state index in [1.165, 1.54) is 0 Å². The highest BCUT2D eigenvalue weighted by molar-refractivity contribution is 7.16. The van der Waals surface area contributed by atoms with Crippen molar-refractivity contribution in [2.24, 2.45) is 12.9 Å². The zero-order valence-electron chi connectivity index (χ0n) is 9.08. The highest BCUT2D eigenvalue weighted by Gasteiger charge is 2.11. The van der Waals surface area contributed by atoms with Crippen molar-refractivity contribution < 1.29 is 0 Å². The van der Waals surface area contributed by atoms with Gasteiger partial charge in [0, 0.05) is 7.05 Å². The van der Waals surface area contributed by atoms with Crippen molar-refractivity contribution in [3.8, 4) is 11.5 Å². The van der Waals surface area contributed by atoms with E-state index in [9.17, 15) is 0 Å². The number of hydrogen-bond acceptors (Lipinski definition) is 6. The number of nitrogens with zero attached hydrogens (tertiary/aromatic N) is 4. The summed E-state index contributed by atoms with van der Waals surface area (Å²) in [5, 5.41) is 2.90. The summed E-state index contributed by atoms with van der Waals surface area (Å²) >= 11 is 1.56. The van der Waals surface area contributed by atoms with Gasteiger partial charge in [-0.25, -0.2) is 20.8 Å². The molecule has 3 aromatic rings. The van der Waals surface area contributed by atoms with E-state index in [0.717, 1.165) is 15.9 Å². The zero-order chi connectivity index (χ0) is 11.8. The summed E-state index contributed by atoms with van der Waals surface area (Å²) in [4.78, 5) is 13.9. The summed E-state index contributed by atoms with van der Waals surface area (Å²) in [5.41, 5.74) is 3.46. The summed E-state index contributed by atoms with van der Waals surface area (Å²) in [6.07, 6.45) is 3.45. The molecule has 17 heavy (non-hydrogen) atoms. The average molecular weight is 246 g/mol. The van der Waals surface area contributed by atoms with Crippen molar-refractivity contribution in [3.63, 3.8) is 0 Å². The molecule has 0 saturated heterocycles. The van der Waals surface area contributed by atoms with E-state index >= 15 is 0 Å². The third kappa shape index (κ3) is 1.56. The predicted octanol–water partition coefficient (Wildman–Crippen LogP) is 1.38. The fourth-order valence-electron chi connectivity index (χ4n) is 1.65. The predicted molar refractivity (Wildman–Crippen MR) is 67.4 cm³/mol. The van der Waals surface area contributed by atoms with Gasteiger partial charge in [-0.05, 0) is 11.4 Å². The van der Waals surface area contributed by atoms with Crippen LogP contribution in [-0.4, -0.2) is 19.5 Å². The van der Waals surface area contributed by atoms with Gasteiger partial charge in [0.1, 0.15) is 10.5 Å². The maximum atomic E-state index is 5.48. The number of thiophene rings is 1. The first-order chi connectivity index (χ1) is 8.29. The van der Waals surface area contributed by atoms with Crippen LogP contribution in [0.25, 0.3) is 21.7 Å². The molecule has 0 fully saturated rings. The second-order valence-corrected chi connectivity index (χ2v) is 4.46. The number of nitrogens with two attached hydrogens (primary N) is 1. The van der Waals surface area contributed by atoms with Crippen molar-refractivity contribution in [2.75, 3.05) is 5.43 Å². The maximum absolute atomic E-state index is 5.48. The zero-order valence-corrected chi connectivity index (χ0v) is 9.90. The Morgan fingerprint density at radius 3 is 3.00 bits per heavy atom. The first-order valence-electron chi connectivity index (χ1n) is 4.98. The van der Waals surface area contributed by atoms with Gasteiger partial charge in [-0.15, -0.1) is 11.3 Å². The summed E-state index contributed by atoms with van der Waals surface area (Å²) in [5.74, 6) is 6.73. The van der Waals surface area contributed by atoms with E-state index < -0.39 is 0 Å². The molecule has 0 aliphatic rings. The van der Waals surface area contributed by atoms with Crippen LogP contribution in [0.5, 0.6) is 0 Å². The molecule has 3 N–H and O–H groups in total. The molecule has 0 aliphatic heterocycles. The van der Waals surface area contributed by atoms with Crippen LogP contribution in [-0.2, 0) is 7.05 Å². The second kappa shape index (κ2) is 3.79. The van der Waals surface area contributed by atoms with Crippen molar-refractivity contribution in [3.05, 3.63) is 24.0 Å². The number of nitrogens with one attached hydrogen (secondary N) is 1. The Bertz CT molecular complexity index is 670. The number of hydrogen-bond donors (Lipinski definition) is 2. The Balaban J connectivity index is 2.27. The van der Waals surface area contributed by atoms with Gasteiger partial charge in [-0.2, -0.15) is 0 Å². The molecule has 0 aromatic carbocycles. The fraction of sp³-hybridized carbons (Fsp3) is 0.100. The monoisotopic (exact) mass is 246 g/mol. The molecular formula is C10H10N6S. The van der Waals surface area contributed by atoms with Crippen molar-refractivity contribution in [2.45, 2.75) is 0 Å². The number of aromatic nitrogens is 4. The number of imidazole rings is 1. The SMILES string of the molecule is Cn1cncc1-c1nc(NN)c2ccsc2n1. The van der Waals surface area contributed by atoms with E-state index in [2.05, 4.69) is 20.4 Å². The van der Waals surface area contributed by atoms with Crippen molar-refractivity contribution in [1.82, 2.24) is 19.5 Å². The number of nitrogen functional groups attached to an aromatic ring is 1. The largest absolute Gasteiger partial charge is 0.331 e. The lowest BCUT2D eigenvalue weighted by atomic mass is 10.3. The number of hydrazine groups is 1. The average Bonchev–Trinajstić information content (AvgIpc) is 2.95. The van der Waals surface area contributed by atoms with E-state index in [0.29, 0.717) is 11.6 Å². The van der Waals surface area contributed by atoms with Gasteiger partial charge in [0.2, 0.25) is 0 Å². The normalized spacial score (nSPS) is 10.9. The molecular weight excluding hydrogens is 236 g/mol. The molecule has 0 bridgehead atoms. The number of rotatable bonds is 2. The maximum Gasteiger partial charge on any atom is 0.181 e. The Hall–Kier alpha value is -1.99. The van der Waals surface area contributed by atoms with Gasteiger partial charge < -0.3 is 9.99 Å². The lowest BCUT2D eigenvalue weighted by molar-refractivity contribution is 0.910. The van der Waals surface area contributed by atoms with Crippen LogP contribution in [0.1, 0.15) is 0 Å². The van der Waals surface area contributed by atoms with Crippen LogP contribution >= 0.6 is 11.3 Å². The highest BCUT2D eigenvalue weighted by Crippen LogP contribution is 2.27. The van der Waals surface area contributed by atoms with Crippen LogP contribution < -0.4 is 11.3 Å². The van der Waals surface area contributed by atoms with Gasteiger partial charge in [-0.1, -0.05) is 0 Å². The van der Waals surface area contributed by atoms with Gasteiger partial charge in [-0.3, -0.25) is 0 Å². The van der Waals surface area contributed by atoms with Gasteiger partial charge >= 0.3 is 0 Å². The molecule has 0 atom stereocenters. The van der Waals surface area contributed by atoms with E-state index in [1.807, 2.05) is 23.1 Å². The van der Waals surface area contributed by atoms with Crippen molar-refractivity contribution >= 4 is 27.4 Å². The first kappa shape index (κ1) is 10.2. The molecule has 0 aliphatic carbocycles. The minimum Gasteiger partial charge on any atom is -0.331 e. The summed E-state index contributed by atoms with van der Waals surface area (Å²) in [6.45, 7) is 0. The molecule has 0 amide bonds. The van der Waals surface area contributed by atoms with Crippen LogP contribution in [0.3, 0.4) is 0 Å². The Morgan fingerprint density at radius 1 is 1.41 bits per heavy atom. The molecule has 3 heterocycles. The minimum atomic E-state index is 0.618. The highest BCUT2D eigenvalue weighted by atomic mass is 32.1. The molecule has 0 saturated carbocycles. The van der Waals surface area contributed by atoms with E-state index in [4.69, 9.17) is 5.84 Å². The quantitative estimate of drug-likeness (QED) is 0.527. The lowest BCUT2D eigenvalue weighted by Crippen LogP contribution is -2.10. The van der Waals surface area contributed by atoms with Crippen LogP contribution in [0.4, 0.5) is 5.82 Å².